The summed E-state index contributed by atoms with van der Waals surface area (Å²) in [6, 6.07) is 7.75. The number of hydrogen-bond acceptors (Lipinski definition) is 2. The normalized spacial score (nSPS) is 10.4. The zero-order valence-electron chi connectivity index (χ0n) is 7.91. The van der Waals surface area contributed by atoms with Crippen LogP contribution in [-0.4, -0.2) is 11.1 Å². The first kappa shape index (κ1) is 11.3. The average Bonchev–Trinajstić information content (AvgIpc) is 2.60. The van der Waals surface area contributed by atoms with Crippen molar-refractivity contribution in [1.82, 2.24) is 0 Å². The Morgan fingerprint density at radius 1 is 1.38 bits per heavy atom. The van der Waals surface area contributed by atoms with Crippen molar-refractivity contribution in [2.45, 2.75) is 0 Å². The molecule has 1 N–H and O–H groups in total. The number of rotatable bonds is 2. The monoisotopic (exact) mass is 300 g/mol. The summed E-state index contributed by atoms with van der Waals surface area (Å²) in [4.78, 5) is 11.8. The van der Waals surface area contributed by atoms with E-state index in [-0.39, 0.29) is 10.7 Å². The van der Waals surface area contributed by atoms with Gasteiger partial charge in [-0.3, -0.25) is 0 Å². The third-order valence-electron chi connectivity index (χ3n) is 1.99. The van der Waals surface area contributed by atoms with Crippen molar-refractivity contribution >= 4 is 33.2 Å². The standard InChI is InChI=1S/C11H6BrFO2S/c12-8-5-9(16-10(8)11(14)15)6-2-1-3-7(13)4-6/h1-5H,(H,14,15). The fourth-order valence-electron chi connectivity index (χ4n) is 1.30. The van der Waals surface area contributed by atoms with Crippen LogP contribution < -0.4 is 0 Å². The molecule has 16 heavy (non-hydrogen) atoms. The first-order valence-electron chi connectivity index (χ1n) is 4.36. The van der Waals surface area contributed by atoms with E-state index >= 15 is 0 Å². The molecule has 2 nitrogen and oxygen atoms in total. The molecule has 2 aromatic rings. The van der Waals surface area contributed by atoms with E-state index in [1.807, 2.05) is 0 Å². The van der Waals surface area contributed by atoms with Crippen LogP contribution in [0.1, 0.15) is 9.67 Å². The third kappa shape index (κ3) is 2.15. The third-order valence-corrected chi connectivity index (χ3v) is 4.05. The van der Waals surface area contributed by atoms with Crippen molar-refractivity contribution in [3.05, 3.63) is 45.5 Å². The predicted molar refractivity (Wildman–Crippen MR) is 64.4 cm³/mol. The highest BCUT2D eigenvalue weighted by molar-refractivity contribution is 9.10. The molecule has 5 heteroatoms. The summed E-state index contributed by atoms with van der Waals surface area (Å²) >= 11 is 4.29. The molecule has 1 aromatic heterocycles. The fraction of sp³-hybridized carbons (Fsp3) is 0. The fourth-order valence-corrected chi connectivity index (χ4v) is 2.98. The number of carboxylic acids is 1. The molecule has 2 rings (SSSR count). The highest BCUT2D eigenvalue weighted by Crippen LogP contribution is 2.34. The maximum absolute atomic E-state index is 13.0. The van der Waals surface area contributed by atoms with Gasteiger partial charge in [0.15, 0.2) is 0 Å². The molecule has 0 fully saturated rings. The van der Waals surface area contributed by atoms with Crippen LogP contribution in [0.15, 0.2) is 34.8 Å². The van der Waals surface area contributed by atoms with E-state index in [1.165, 1.54) is 12.1 Å². The molecule has 0 saturated heterocycles. The topological polar surface area (TPSA) is 37.3 Å². The van der Waals surface area contributed by atoms with Gasteiger partial charge in [-0.15, -0.1) is 11.3 Å². The van der Waals surface area contributed by atoms with E-state index in [1.54, 1.807) is 18.2 Å². The maximum Gasteiger partial charge on any atom is 0.347 e. The second kappa shape index (κ2) is 4.35. The lowest BCUT2D eigenvalue weighted by Crippen LogP contribution is -1.91. The van der Waals surface area contributed by atoms with Crippen molar-refractivity contribution < 1.29 is 14.3 Å². The molecule has 1 heterocycles. The van der Waals surface area contributed by atoms with E-state index in [0.29, 0.717) is 10.0 Å². The van der Waals surface area contributed by atoms with Gasteiger partial charge in [0.2, 0.25) is 0 Å². The summed E-state index contributed by atoms with van der Waals surface area (Å²) in [6.45, 7) is 0. The Kier molecular flexibility index (Phi) is 3.07. The van der Waals surface area contributed by atoms with Crippen LogP contribution in [0.3, 0.4) is 0 Å². The summed E-state index contributed by atoms with van der Waals surface area (Å²) in [5.41, 5.74) is 0.679. The second-order valence-corrected chi connectivity index (χ2v) is 5.01. The van der Waals surface area contributed by atoms with Crippen LogP contribution in [0.2, 0.25) is 0 Å². The smallest absolute Gasteiger partial charge is 0.347 e. The van der Waals surface area contributed by atoms with Crippen LogP contribution in [0.5, 0.6) is 0 Å². The van der Waals surface area contributed by atoms with E-state index < -0.39 is 5.97 Å². The van der Waals surface area contributed by atoms with Gasteiger partial charge in [-0.05, 0) is 39.7 Å². The number of thiophene rings is 1. The number of carboxylic acid groups (broad SMARTS) is 1. The van der Waals surface area contributed by atoms with E-state index in [0.717, 1.165) is 16.2 Å². The zero-order chi connectivity index (χ0) is 11.7. The summed E-state index contributed by atoms with van der Waals surface area (Å²) in [6.07, 6.45) is 0. The Bertz CT molecular complexity index is 551. The SMILES string of the molecule is O=C(O)c1sc(-c2cccc(F)c2)cc1Br. The van der Waals surface area contributed by atoms with Crippen LogP contribution in [0.25, 0.3) is 10.4 Å². The highest BCUT2D eigenvalue weighted by atomic mass is 79.9. The molecule has 1 aromatic carbocycles. The summed E-state index contributed by atoms with van der Waals surface area (Å²) in [5.74, 6) is -1.32. The quantitative estimate of drug-likeness (QED) is 0.910. The molecular formula is C11H6BrFO2S. The number of carbonyl (C=O) groups is 1. The largest absolute Gasteiger partial charge is 0.477 e. The van der Waals surface area contributed by atoms with Gasteiger partial charge in [0.1, 0.15) is 10.7 Å². The van der Waals surface area contributed by atoms with Crippen LogP contribution in [0, 0.1) is 5.82 Å². The molecule has 82 valence electrons. The minimum absolute atomic E-state index is 0.222. The van der Waals surface area contributed by atoms with Crippen molar-refractivity contribution in [3.8, 4) is 10.4 Å². The Morgan fingerprint density at radius 2 is 2.12 bits per heavy atom. The molecule has 0 aliphatic carbocycles. The molecule has 0 amide bonds. The van der Waals surface area contributed by atoms with Gasteiger partial charge in [0, 0.05) is 9.35 Å². The van der Waals surface area contributed by atoms with Crippen LogP contribution in [-0.2, 0) is 0 Å². The minimum Gasteiger partial charge on any atom is -0.477 e. The van der Waals surface area contributed by atoms with Gasteiger partial charge in [-0.25, -0.2) is 9.18 Å². The first-order valence-corrected chi connectivity index (χ1v) is 5.97. The number of aromatic carboxylic acids is 1. The Balaban J connectivity index is 2.49. The Labute approximate surface area is 103 Å². The number of hydrogen-bond donors (Lipinski definition) is 1. The Hall–Kier alpha value is -1.20. The maximum atomic E-state index is 13.0. The molecule has 0 unspecified atom stereocenters. The molecule has 0 bridgehead atoms. The van der Waals surface area contributed by atoms with Crippen molar-refractivity contribution in [1.29, 1.82) is 0 Å². The van der Waals surface area contributed by atoms with E-state index in [9.17, 15) is 9.18 Å². The van der Waals surface area contributed by atoms with Gasteiger partial charge in [0.25, 0.3) is 0 Å². The summed E-state index contributed by atoms with van der Waals surface area (Å²) in [7, 11) is 0. The van der Waals surface area contributed by atoms with Gasteiger partial charge >= 0.3 is 5.97 Å². The predicted octanol–water partition coefficient (Wildman–Crippen LogP) is 4.01. The summed E-state index contributed by atoms with van der Waals surface area (Å²) < 4.78 is 13.5. The summed E-state index contributed by atoms with van der Waals surface area (Å²) in [5, 5.41) is 8.89. The highest BCUT2D eigenvalue weighted by Gasteiger charge is 2.14. The van der Waals surface area contributed by atoms with Crippen molar-refractivity contribution in [2.75, 3.05) is 0 Å². The zero-order valence-corrected chi connectivity index (χ0v) is 10.3. The van der Waals surface area contributed by atoms with Crippen LogP contribution >= 0.6 is 27.3 Å². The molecular weight excluding hydrogens is 295 g/mol. The molecule has 0 spiro atoms. The molecule has 0 saturated carbocycles. The second-order valence-electron chi connectivity index (χ2n) is 3.10. The molecule has 0 atom stereocenters. The number of halogens is 2. The average molecular weight is 301 g/mol. The lowest BCUT2D eigenvalue weighted by atomic mass is 10.2. The van der Waals surface area contributed by atoms with Gasteiger partial charge in [-0.1, -0.05) is 12.1 Å². The minimum atomic E-state index is -0.987. The Morgan fingerprint density at radius 3 is 2.69 bits per heavy atom. The van der Waals surface area contributed by atoms with Gasteiger partial charge in [-0.2, -0.15) is 0 Å². The molecule has 0 radical (unpaired) electrons. The van der Waals surface area contributed by atoms with Gasteiger partial charge < -0.3 is 5.11 Å². The van der Waals surface area contributed by atoms with E-state index in [2.05, 4.69) is 15.9 Å². The van der Waals surface area contributed by atoms with Crippen molar-refractivity contribution in [3.63, 3.8) is 0 Å². The van der Waals surface area contributed by atoms with Gasteiger partial charge in [0.05, 0.1) is 0 Å². The first-order chi connectivity index (χ1) is 7.58. The number of benzene rings is 1. The lowest BCUT2D eigenvalue weighted by molar-refractivity contribution is 0.0701. The van der Waals surface area contributed by atoms with E-state index in [4.69, 9.17) is 5.11 Å². The van der Waals surface area contributed by atoms with Crippen molar-refractivity contribution in [2.24, 2.45) is 0 Å². The molecule has 0 aliphatic rings. The lowest BCUT2D eigenvalue weighted by Gasteiger charge is -1.95. The molecule has 0 aliphatic heterocycles. The van der Waals surface area contributed by atoms with Crippen LogP contribution in [0.4, 0.5) is 4.39 Å².